The number of aliphatic hydroxyl groups is 3. The molecule has 142 valence electrons. The third-order valence-electron chi connectivity index (χ3n) is 7.68. The minimum absolute atomic E-state index is 0.0136. The van der Waals surface area contributed by atoms with Crippen molar-refractivity contribution < 1.29 is 29.3 Å². The van der Waals surface area contributed by atoms with Crippen LogP contribution in [-0.4, -0.2) is 50.4 Å². The molecule has 4 rings (SSSR count). The first-order valence-corrected chi connectivity index (χ1v) is 9.15. The number of carbonyl (C=O) groups is 2. The highest BCUT2D eigenvalue weighted by atomic mass is 19.1. The fourth-order valence-corrected chi connectivity index (χ4v) is 6.37. The van der Waals surface area contributed by atoms with Crippen LogP contribution in [0, 0.1) is 22.7 Å². The molecular formula is C20H25FO5. The van der Waals surface area contributed by atoms with E-state index in [1.807, 2.05) is 0 Å². The highest BCUT2D eigenvalue weighted by Crippen LogP contribution is 2.67. The van der Waals surface area contributed by atoms with E-state index in [1.54, 1.807) is 13.8 Å². The molecule has 4 aliphatic rings. The van der Waals surface area contributed by atoms with Gasteiger partial charge in [0.1, 0.15) is 5.60 Å². The van der Waals surface area contributed by atoms with Gasteiger partial charge in [-0.3, -0.25) is 9.59 Å². The van der Waals surface area contributed by atoms with Gasteiger partial charge in [-0.25, -0.2) is 4.39 Å². The Bertz CT molecular complexity index is 770. The van der Waals surface area contributed by atoms with Crippen molar-refractivity contribution in [3.05, 3.63) is 23.8 Å². The predicted molar refractivity (Wildman–Crippen MR) is 90.8 cm³/mol. The van der Waals surface area contributed by atoms with Gasteiger partial charge in [0, 0.05) is 16.7 Å². The molecule has 4 aliphatic carbocycles. The second-order valence-electron chi connectivity index (χ2n) is 9.21. The second-order valence-corrected chi connectivity index (χ2v) is 9.21. The molecule has 8 atom stereocenters. The molecule has 0 saturated heterocycles. The van der Waals surface area contributed by atoms with Gasteiger partial charge in [-0.2, -0.15) is 0 Å². The minimum Gasteiger partial charge on any atom is -0.390 e. The predicted octanol–water partition coefficient (Wildman–Crippen LogP) is 1.26. The number of alkyl halides is 1. The molecule has 0 spiro atoms. The van der Waals surface area contributed by atoms with Crippen LogP contribution in [0.1, 0.15) is 40.0 Å². The third-order valence-corrected chi connectivity index (χ3v) is 7.68. The van der Waals surface area contributed by atoms with E-state index in [0.717, 1.165) is 0 Å². The van der Waals surface area contributed by atoms with E-state index in [-0.39, 0.29) is 36.4 Å². The molecule has 5 nitrogen and oxygen atoms in total. The highest BCUT2D eigenvalue weighted by molar-refractivity contribution is 6.01. The van der Waals surface area contributed by atoms with Crippen molar-refractivity contribution in [2.24, 2.45) is 22.7 Å². The van der Waals surface area contributed by atoms with E-state index < -0.39 is 46.1 Å². The SMILES string of the molecule is C[C@]12C=CC(=O)C=C1[C@H](O)C[C@H]1[C@@H]3C[C@@](C)(O)C(=O)[C@@]3(C)C[C@H](O)C12F. The van der Waals surface area contributed by atoms with Crippen molar-refractivity contribution in [3.63, 3.8) is 0 Å². The molecule has 0 bridgehead atoms. The summed E-state index contributed by atoms with van der Waals surface area (Å²) in [5.41, 5.74) is -5.77. The van der Waals surface area contributed by atoms with Crippen molar-refractivity contribution in [2.75, 3.05) is 0 Å². The Kier molecular flexibility index (Phi) is 3.40. The number of carbonyl (C=O) groups excluding carboxylic acids is 2. The number of hydrogen-bond donors (Lipinski definition) is 3. The van der Waals surface area contributed by atoms with Gasteiger partial charge in [0.25, 0.3) is 0 Å². The van der Waals surface area contributed by atoms with Crippen molar-refractivity contribution in [2.45, 2.75) is 63.5 Å². The maximum atomic E-state index is 16.7. The van der Waals surface area contributed by atoms with Gasteiger partial charge in [-0.05, 0) is 56.8 Å². The number of hydrogen-bond acceptors (Lipinski definition) is 5. The molecule has 3 saturated carbocycles. The lowest BCUT2D eigenvalue weighted by Gasteiger charge is -2.61. The maximum absolute atomic E-state index is 16.7. The molecule has 0 aromatic carbocycles. The van der Waals surface area contributed by atoms with Gasteiger partial charge in [0.15, 0.2) is 17.2 Å². The van der Waals surface area contributed by atoms with Gasteiger partial charge < -0.3 is 15.3 Å². The van der Waals surface area contributed by atoms with Crippen molar-refractivity contribution in [3.8, 4) is 0 Å². The van der Waals surface area contributed by atoms with E-state index in [4.69, 9.17) is 0 Å². The van der Waals surface area contributed by atoms with E-state index >= 15 is 4.39 Å². The first-order valence-electron chi connectivity index (χ1n) is 9.15. The van der Waals surface area contributed by atoms with Gasteiger partial charge in [-0.15, -0.1) is 0 Å². The Morgan fingerprint density at radius 2 is 1.77 bits per heavy atom. The normalized spacial score (nSPS) is 55.9. The zero-order valence-electron chi connectivity index (χ0n) is 15.2. The molecule has 0 radical (unpaired) electrons. The van der Waals surface area contributed by atoms with Crippen LogP contribution in [0.15, 0.2) is 23.8 Å². The number of Topliss-reactive ketones (excluding diaryl/α,β-unsaturated/α-hetero) is 1. The summed E-state index contributed by atoms with van der Waals surface area (Å²) in [6, 6.07) is 0. The summed E-state index contributed by atoms with van der Waals surface area (Å²) in [6.45, 7) is 4.72. The molecule has 6 heteroatoms. The standard InChI is InChI=1S/C20H25FO5/c1-17-9-15(24)20(21)11(13(17)8-19(3,26)16(17)25)7-14(23)12-6-10(22)4-5-18(12,20)2/h4-6,11,13-15,23-24,26H,7-9H2,1-3H3/t11-,13-,14+,15-,17-,18-,19+,20?/m0/s1. The highest BCUT2D eigenvalue weighted by Gasteiger charge is 2.74. The first kappa shape index (κ1) is 18.0. The van der Waals surface area contributed by atoms with Crippen LogP contribution in [0.5, 0.6) is 0 Å². The van der Waals surface area contributed by atoms with Crippen LogP contribution >= 0.6 is 0 Å². The van der Waals surface area contributed by atoms with E-state index in [0.29, 0.717) is 0 Å². The molecule has 0 aromatic heterocycles. The first-order chi connectivity index (χ1) is 11.9. The summed E-state index contributed by atoms with van der Waals surface area (Å²) in [5.74, 6) is -1.97. The lowest BCUT2D eigenvalue weighted by Crippen LogP contribution is -2.68. The smallest absolute Gasteiger partial charge is 0.178 e. The van der Waals surface area contributed by atoms with Crippen molar-refractivity contribution >= 4 is 11.6 Å². The lowest BCUT2D eigenvalue weighted by molar-refractivity contribution is -0.200. The minimum atomic E-state index is -2.12. The Morgan fingerprint density at radius 3 is 2.42 bits per heavy atom. The van der Waals surface area contributed by atoms with Gasteiger partial charge >= 0.3 is 0 Å². The summed E-state index contributed by atoms with van der Waals surface area (Å²) >= 11 is 0. The van der Waals surface area contributed by atoms with E-state index in [1.165, 1.54) is 25.2 Å². The maximum Gasteiger partial charge on any atom is 0.178 e. The number of aliphatic hydroxyl groups excluding tert-OH is 2. The molecule has 0 heterocycles. The van der Waals surface area contributed by atoms with Crippen LogP contribution in [0.2, 0.25) is 0 Å². The Morgan fingerprint density at radius 1 is 1.12 bits per heavy atom. The molecule has 3 N–H and O–H groups in total. The van der Waals surface area contributed by atoms with E-state index in [2.05, 4.69) is 0 Å². The monoisotopic (exact) mass is 364 g/mol. The van der Waals surface area contributed by atoms with Gasteiger partial charge in [0.05, 0.1) is 12.2 Å². The molecule has 3 fully saturated rings. The Hall–Kier alpha value is -1.37. The topological polar surface area (TPSA) is 94.8 Å². The largest absolute Gasteiger partial charge is 0.390 e. The quantitative estimate of drug-likeness (QED) is 0.602. The zero-order chi connectivity index (χ0) is 19.3. The average Bonchev–Trinajstić information content (AvgIpc) is 2.73. The number of ketones is 2. The number of fused-ring (bicyclic) bond motifs is 5. The van der Waals surface area contributed by atoms with E-state index in [9.17, 15) is 24.9 Å². The summed E-state index contributed by atoms with van der Waals surface area (Å²) in [6.07, 6.45) is 1.55. The molecule has 0 amide bonds. The summed E-state index contributed by atoms with van der Waals surface area (Å²) < 4.78 is 16.7. The van der Waals surface area contributed by atoms with Crippen LogP contribution in [0.3, 0.4) is 0 Å². The molecule has 0 aromatic rings. The summed E-state index contributed by atoms with van der Waals surface area (Å²) in [5, 5.41) is 32.1. The molecule has 1 unspecified atom stereocenters. The Balaban J connectivity index is 1.89. The fraction of sp³-hybridized carbons (Fsp3) is 0.700. The fourth-order valence-electron chi connectivity index (χ4n) is 6.37. The average molecular weight is 364 g/mol. The molecule has 0 aliphatic heterocycles. The van der Waals surface area contributed by atoms with Gasteiger partial charge in [0.2, 0.25) is 0 Å². The van der Waals surface area contributed by atoms with Crippen LogP contribution in [0.4, 0.5) is 4.39 Å². The summed E-state index contributed by atoms with van der Waals surface area (Å²) in [4.78, 5) is 24.6. The Labute approximate surface area is 151 Å². The van der Waals surface area contributed by atoms with Crippen molar-refractivity contribution in [1.82, 2.24) is 0 Å². The van der Waals surface area contributed by atoms with Crippen LogP contribution in [-0.2, 0) is 9.59 Å². The number of rotatable bonds is 0. The number of halogens is 1. The van der Waals surface area contributed by atoms with Crippen molar-refractivity contribution in [1.29, 1.82) is 0 Å². The summed E-state index contributed by atoms with van der Waals surface area (Å²) in [7, 11) is 0. The van der Waals surface area contributed by atoms with Crippen LogP contribution < -0.4 is 0 Å². The second kappa shape index (κ2) is 4.91. The lowest BCUT2D eigenvalue weighted by atomic mass is 9.45. The van der Waals surface area contributed by atoms with Gasteiger partial charge in [-0.1, -0.05) is 13.0 Å². The third kappa shape index (κ3) is 1.85. The number of allylic oxidation sites excluding steroid dienone is 3. The molecule has 26 heavy (non-hydrogen) atoms. The van der Waals surface area contributed by atoms with Crippen LogP contribution in [0.25, 0.3) is 0 Å². The molecular weight excluding hydrogens is 339 g/mol. The zero-order valence-corrected chi connectivity index (χ0v) is 15.2.